The first-order valence-electron chi connectivity index (χ1n) is 6.53. The van der Waals surface area contributed by atoms with Gasteiger partial charge in [-0.2, -0.15) is 0 Å². The number of anilines is 1. The van der Waals surface area contributed by atoms with Crippen LogP contribution in [0.5, 0.6) is 0 Å². The van der Waals surface area contributed by atoms with Crippen molar-refractivity contribution in [2.24, 2.45) is 5.92 Å². The molecular formula is C13H22N2S. The Kier molecular flexibility index (Phi) is 4.22. The number of thiazole rings is 1. The first-order valence-corrected chi connectivity index (χ1v) is 7.35. The molecule has 3 heteroatoms. The minimum absolute atomic E-state index is 0.840. The molecule has 16 heavy (non-hydrogen) atoms. The highest BCUT2D eigenvalue weighted by Crippen LogP contribution is 2.30. The van der Waals surface area contributed by atoms with Crippen molar-refractivity contribution >= 4 is 16.3 Å². The lowest BCUT2D eigenvalue weighted by Crippen LogP contribution is -2.10. The van der Waals surface area contributed by atoms with E-state index in [0.29, 0.717) is 0 Å². The quantitative estimate of drug-likeness (QED) is 0.866. The molecular weight excluding hydrogens is 216 g/mol. The standard InChI is InChI=1S/C13H22N2S/c1-2-6-12-15-11(13(14)16-12)9-10-7-4-3-5-8-10/h10H,2-9,14H2,1H3. The number of aryl methyl sites for hydroxylation is 1. The molecule has 0 unspecified atom stereocenters. The van der Waals surface area contributed by atoms with Gasteiger partial charge >= 0.3 is 0 Å². The smallest absolute Gasteiger partial charge is 0.109 e. The predicted octanol–water partition coefficient (Wildman–Crippen LogP) is 3.80. The third kappa shape index (κ3) is 2.97. The normalized spacial score (nSPS) is 17.8. The average Bonchev–Trinajstić information content (AvgIpc) is 2.61. The van der Waals surface area contributed by atoms with Crippen molar-refractivity contribution in [1.82, 2.24) is 4.98 Å². The Morgan fingerprint density at radius 1 is 1.31 bits per heavy atom. The Hall–Kier alpha value is -0.570. The zero-order valence-electron chi connectivity index (χ0n) is 10.2. The zero-order valence-corrected chi connectivity index (χ0v) is 11.0. The predicted molar refractivity (Wildman–Crippen MR) is 70.8 cm³/mol. The van der Waals surface area contributed by atoms with E-state index in [1.54, 1.807) is 11.3 Å². The monoisotopic (exact) mass is 238 g/mol. The van der Waals surface area contributed by atoms with Gasteiger partial charge in [-0.05, 0) is 25.2 Å². The van der Waals surface area contributed by atoms with Gasteiger partial charge in [0.25, 0.3) is 0 Å². The first-order chi connectivity index (χ1) is 7.79. The average molecular weight is 238 g/mol. The molecule has 1 aliphatic carbocycles. The van der Waals surface area contributed by atoms with Crippen LogP contribution in [0.1, 0.15) is 56.2 Å². The van der Waals surface area contributed by atoms with Crippen LogP contribution in [0, 0.1) is 5.92 Å². The lowest BCUT2D eigenvalue weighted by atomic mass is 9.86. The molecule has 0 spiro atoms. The van der Waals surface area contributed by atoms with Gasteiger partial charge in [0.1, 0.15) is 5.00 Å². The summed E-state index contributed by atoms with van der Waals surface area (Å²) in [5, 5.41) is 2.19. The number of nitrogen functional groups attached to an aromatic ring is 1. The Bertz CT molecular complexity index is 327. The van der Waals surface area contributed by atoms with E-state index in [0.717, 1.165) is 30.2 Å². The largest absolute Gasteiger partial charge is 0.389 e. The highest BCUT2D eigenvalue weighted by Gasteiger charge is 2.17. The summed E-state index contributed by atoms with van der Waals surface area (Å²) in [6.45, 7) is 2.19. The SMILES string of the molecule is CCCc1nc(CC2CCCCC2)c(N)s1. The fraction of sp³-hybridized carbons (Fsp3) is 0.769. The molecule has 2 nitrogen and oxygen atoms in total. The molecule has 0 radical (unpaired) electrons. The fourth-order valence-electron chi connectivity index (χ4n) is 2.55. The molecule has 1 fully saturated rings. The molecule has 0 atom stereocenters. The van der Waals surface area contributed by atoms with Crippen molar-refractivity contribution in [2.75, 3.05) is 5.73 Å². The van der Waals surface area contributed by atoms with E-state index in [1.807, 2.05) is 0 Å². The number of rotatable bonds is 4. The van der Waals surface area contributed by atoms with Crippen LogP contribution >= 0.6 is 11.3 Å². The van der Waals surface area contributed by atoms with Crippen molar-refractivity contribution in [3.8, 4) is 0 Å². The molecule has 0 amide bonds. The summed E-state index contributed by atoms with van der Waals surface area (Å²) in [5.74, 6) is 0.840. The molecule has 90 valence electrons. The second kappa shape index (κ2) is 5.67. The molecule has 1 aromatic rings. The topological polar surface area (TPSA) is 38.9 Å². The Morgan fingerprint density at radius 2 is 2.06 bits per heavy atom. The number of hydrogen-bond donors (Lipinski definition) is 1. The second-order valence-electron chi connectivity index (χ2n) is 4.88. The van der Waals surface area contributed by atoms with Gasteiger partial charge in [-0.25, -0.2) is 4.98 Å². The van der Waals surface area contributed by atoms with E-state index in [-0.39, 0.29) is 0 Å². The maximum atomic E-state index is 6.04. The minimum atomic E-state index is 0.840. The maximum absolute atomic E-state index is 6.04. The lowest BCUT2D eigenvalue weighted by Gasteiger charge is -2.20. The highest BCUT2D eigenvalue weighted by molar-refractivity contribution is 7.15. The van der Waals surface area contributed by atoms with Crippen LogP contribution in [0.25, 0.3) is 0 Å². The fourth-order valence-corrected chi connectivity index (χ4v) is 3.51. The summed E-state index contributed by atoms with van der Waals surface area (Å²) < 4.78 is 0. The van der Waals surface area contributed by atoms with Gasteiger partial charge in [0.15, 0.2) is 0 Å². The van der Waals surface area contributed by atoms with E-state index in [4.69, 9.17) is 5.73 Å². The van der Waals surface area contributed by atoms with Crippen LogP contribution in [-0.2, 0) is 12.8 Å². The van der Waals surface area contributed by atoms with Crippen molar-refractivity contribution in [1.29, 1.82) is 0 Å². The van der Waals surface area contributed by atoms with E-state index < -0.39 is 0 Å². The number of nitrogens with zero attached hydrogens (tertiary/aromatic N) is 1. The van der Waals surface area contributed by atoms with E-state index in [9.17, 15) is 0 Å². The van der Waals surface area contributed by atoms with Crippen LogP contribution in [0.15, 0.2) is 0 Å². The molecule has 1 aliphatic rings. The van der Waals surface area contributed by atoms with Crippen molar-refractivity contribution < 1.29 is 0 Å². The summed E-state index contributed by atoms with van der Waals surface area (Å²) in [5.41, 5.74) is 7.23. The van der Waals surface area contributed by atoms with Crippen LogP contribution < -0.4 is 5.73 Å². The molecule has 0 aromatic carbocycles. The molecule has 0 bridgehead atoms. The van der Waals surface area contributed by atoms with Crippen molar-refractivity contribution in [2.45, 2.75) is 58.3 Å². The van der Waals surface area contributed by atoms with Crippen LogP contribution in [0.2, 0.25) is 0 Å². The van der Waals surface area contributed by atoms with Gasteiger partial charge < -0.3 is 5.73 Å². The van der Waals surface area contributed by atoms with Gasteiger partial charge in [0.05, 0.1) is 10.7 Å². The Morgan fingerprint density at radius 3 is 2.75 bits per heavy atom. The third-order valence-electron chi connectivity index (χ3n) is 3.44. The van der Waals surface area contributed by atoms with Gasteiger partial charge in [0.2, 0.25) is 0 Å². The zero-order chi connectivity index (χ0) is 11.4. The van der Waals surface area contributed by atoms with E-state index in [1.165, 1.54) is 42.8 Å². The molecule has 0 saturated heterocycles. The molecule has 2 N–H and O–H groups in total. The van der Waals surface area contributed by atoms with Crippen LogP contribution in [0.4, 0.5) is 5.00 Å². The van der Waals surface area contributed by atoms with Crippen molar-refractivity contribution in [3.05, 3.63) is 10.7 Å². The van der Waals surface area contributed by atoms with Gasteiger partial charge in [0, 0.05) is 0 Å². The summed E-state index contributed by atoms with van der Waals surface area (Å²) in [7, 11) is 0. The second-order valence-corrected chi connectivity index (χ2v) is 5.99. The highest BCUT2D eigenvalue weighted by atomic mass is 32.1. The number of hydrogen-bond acceptors (Lipinski definition) is 3. The lowest BCUT2D eigenvalue weighted by molar-refractivity contribution is 0.355. The number of aromatic nitrogens is 1. The molecule has 0 aliphatic heterocycles. The summed E-state index contributed by atoms with van der Waals surface area (Å²) >= 11 is 1.69. The van der Waals surface area contributed by atoms with Crippen LogP contribution in [-0.4, -0.2) is 4.98 Å². The Balaban J connectivity index is 1.96. The third-order valence-corrected chi connectivity index (χ3v) is 4.43. The Labute approximate surface area is 102 Å². The van der Waals surface area contributed by atoms with E-state index >= 15 is 0 Å². The van der Waals surface area contributed by atoms with Crippen molar-refractivity contribution in [3.63, 3.8) is 0 Å². The summed E-state index contributed by atoms with van der Waals surface area (Å²) in [6, 6.07) is 0. The summed E-state index contributed by atoms with van der Waals surface area (Å²) in [6.07, 6.45) is 10.3. The van der Waals surface area contributed by atoms with Gasteiger partial charge in [-0.1, -0.05) is 39.0 Å². The number of nitrogens with two attached hydrogens (primary N) is 1. The van der Waals surface area contributed by atoms with Gasteiger partial charge in [-0.15, -0.1) is 11.3 Å². The minimum Gasteiger partial charge on any atom is -0.389 e. The molecule has 1 aromatic heterocycles. The molecule has 2 rings (SSSR count). The molecule has 1 saturated carbocycles. The molecule has 1 heterocycles. The maximum Gasteiger partial charge on any atom is 0.109 e. The first kappa shape index (κ1) is 11.9. The summed E-state index contributed by atoms with van der Waals surface area (Å²) in [4.78, 5) is 4.69. The van der Waals surface area contributed by atoms with Crippen LogP contribution in [0.3, 0.4) is 0 Å². The van der Waals surface area contributed by atoms with Gasteiger partial charge in [-0.3, -0.25) is 0 Å². The van der Waals surface area contributed by atoms with E-state index in [2.05, 4.69) is 11.9 Å².